The Morgan fingerprint density at radius 3 is 2.83 bits per heavy atom. The van der Waals surface area contributed by atoms with Gasteiger partial charge < -0.3 is 5.32 Å². The molecule has 0 saturated carbocycles. The van der Waals surface area contributed by atoms with Crippen LogP contribution in [0.15, 0.2) is 35.5 Å². The Morgan fingerprint density at radius 1 is 1.22 bits per heavy atom. The fourth-order valence-electron chi connectivity index (χ4n) is 1.96. The quantitative estimate of drug-likeness (QED) is 0.765. The number of nitrogens with zero attached hydrogens (tertiary/aromatic N) is 1. The molecule has 0 atom stereocenters. The third-order valence-electron chi connectivity index (χ3n) is 2.87. The highest BCUT2D eigenvalue weighted by Crippen LogP contribution is 2.21. The van der Waals surface area contributed by atoms with Gasteiger partial charge in [-0.3, -0.25) is 9.82 Å². The van der Waals surface area contributed by atoms with Crippen molar-refractivity contribution in [3.05, 3.63) is 41.7 Å². The summed E-state index contributed by atoms with van der Waals surface area (Å²) in [5.74, 6) is 0. The van der Waals surface area contributed by atoms with Crippen LogP contribution in [0.1, 0.15) is 11.1 Å². The Balaban J connectivity index is 1.94. The number of benzene rings is 1. The molecule has 2 heterocycles. The minimum atomic E-state index is -3.54. The summed E-state index contributed by atoms with van der Waals surface area (Å²) < 4.78 is 26.7. The first-order valence-corrected chi connectivity index (χ1v) is 6.97. The predicted octanol–water partition coefficient (Wildman–Crippen LogP) is 0.814. The van der Waals surface area contributed by atoms with Gasteiger partial charge >= 0.3 is 0 Å². The Bertz CT molecular complexity index is 664. The highest BCUT2D eigenvalue weighted by Gasteiger charge is 2.18. The third-order valence-corrected chi connectivity index (χ3v) is 4.25. The zero-order valence-electron chi connectivity index (χ0n) is 9.47. The van der Waals surface area contributed by atoms with Gasteiger partial charge in [0.05, 0.1) is 16.8 Å². The lowest BCUT2D eigenvalue weighted by Crippen LogP contribution is -2.12. The Hall–Kier alpha value is -1.86. The number of fused-ring (bicyclic) bond motifs is 1. The fraction of sp³-hybridized carbons (Fsp3) is 0.182. The zero-order chi connectivity index (χ0) is 12.6. The molecule has 0 unspecified atom stereocenters. The van der Waals surface area contributed by atoms with Crippen LogP contribution < -0.4 is 10.0 Å². The van der Waals surface area contributed by atoms with Crippen molar-refractivity contribution < 1.29 is 8.42 Å². The number of nitrogens with one attached hydrogen (secondary N) is 3. The molecular formula is C11H12N4O2S. The number of H-pyrrole nitrogens is 1. The van der Waals surface area contributed by atoms with Gasteiger partial charge in [-0.1, -0.05) is 6.07 Å². The van der Waals surface area contributed by atoms with E-state index in [0.717, 1.165) is 17.7 Å². The number of aromatic amines is 1. The van der Waals surface area contributed by atoms with Crippen molar-refractivity contribution >= 4 is 15.7 Å². The lowest BCUT2D eigenvalue weighted by Gasteiger charge is -2.07. The van der Waals surface area contributed by atoms with Gasteiger partial charge in [-0.2, -0.15) is 5.10 Å². The fourth-order valence-corrected chi connectivity index (χ4v) is 3.04. The van der Waals surface area contributed by atoms with E-state index < -0.39 is 10.0 Å². The highest BCUT2D eigenvalue weighted by molar-refractivity contribution is 7.92. The monoisotopic (exact) mass is 264 g/mol. The van der Waals surface area contributed by atoms with Crippen LogP contribution in [0.4, 0.5) is 5.69 Å². The van der Waals surface area contributed by atoms with Crippen LogP contribution >= 0.6 is 0 Å². The summed E-state index contributed by atoms with van der Waals surface area (Å²) in [6, 6.07) is 5.17. The molecule has 7 heteroatoms. The van der Waals surface area contributed by atoms with Crippen molar-refractivity contribution in [2.24, 2.45) is 0 Å². The van der Waals surface area contributed by atoms with Crippen LogP contribution in [0.2, 0.25) is 0 Å². The molecule has 0 radical (unpaired) electrons. The minimum Gasteiger partial charge on any atom is -0.309 e. The van der Waals surface area contributed by atoms with Crippen molar-refractivity contribution in [3.8, 4) is 0 Å². The van der Waals surface area contributed by atoms with Crippen molar-refractivity contribution in [1.82, 2.24) is 15.5 Å². The van der Waals surface area contributed by atoms with E-state index in [1.165, 1.54) is 12.4 Å². The molecule has 1 aliphatic rings. The van der Waals surface area contributed by atoms with Gasteiger partial charge in [-0.25, -0.2) is 8.42 Å². The third kappa shape index (κ3) is 1.98. The van der Waals surface area contributed by atoms with Gasteiger partial charge in [-0.15, -0.1) is 0 Å². The lowest BCUT2D eigenvalue weighted by molar-refractivity contribution is 0.601. The van der Waals surface area contributed by atoms with E-state index in [4.69, 9.17) is 0 Å². The molecule has 0 aliphatic carbocycles. The second kappa shape index (κ2) is 4.11. The molecule has 0 fully saturated rings. The van der Waals surface area contributed by atoms with Gasteiger partial charge in [0, 0.05) is 19.3 Å². The highest BCUT2D eigenvalue weighted by atomic mass is 32.2. The standard InChI is InChI=1S/C11H12N4O2S/c16-18(17,15-10-6-13-14-7-10)11-2-1-8-4-12-5-9(8)3-11/h1-3,6-7,12,15H,4-5H2,(H,13,14). The van der Waals surface area contributed by atoms with Crippen molar-refractivity contribution in [1.29, 1.82) is 0 Å². The first-order valence-electron chi connectivity index (χ1n) is 5.49. The minimum absolute atomic E-state index is 0.270. The summed E-state index contributed by atoms with van der Waals surface area (Å²) in [5.41, 5.74) is 2.61. The SMILES string of the molecule is O=S(=O)(Nc1cn[nH]c1)c1ccc2c(c1)CNC2. The second-order valence-corrected chi connectivity index (χ2v) is 5.81. The molecule has 6 nitrogen and oxygen atoms in total. The largest absolute Gasteiger partial charge is 0.309 e. The normalized spacial score (nSPS) is 14.4. The van der Waals surface area contributed by atoms with E-state index in [2.05, 4.69) is 20.2 Å². The lowest BCUT2D eigenvalue weighted by atomic mass is 10.1. The van der Waals surface area contributed by atoms with Crippen molar-refractivity contribution in [3.63, 3.8) is 0 Å². The van der Waals surface area contributed by atoms with Crippen LogP contribution in [0.5, 0.6) is 0 Å². The maximum absolute atomic E-state index is 12.1. The Kier molecular flexibility index (Phi) is 2.57. The number of hydrogen-bond donors (Lipinski definition) is 3. The summed E-state index contributed by atoms with van der Waals surface area (Å²) in [6.45, 7) is 1.51. The zero-order valence-corrected chi connectivity index (χ0v) is 10.3. The maximum Gasteiger partial charge on any atom is 0.262 e. The molecule has 18 heavy (non-hydrogen) atoms. The van der Waals surface area contributed by atoms with E-state index >= 15 is 0 Å². The maximum atomic E-state index is 12.1. The van der Waals surface area contributed by atoms with E-state index in [9.17, 15) is 8.42 Å². The molecule has 3 N–H and O–H groups in total. The van der Waals surface area contributed by atoms with Crippen molar-refractivity contribution in [2.75, 3.05) is 4.72 Å². The average Bonchev–Trinajstić information content (AvgIpc) is 2.97. The number of anilines is 1. The molecule has 0 spiro atoms. The molecule has 2 aromatic rings. The Labute approximate surface area is 104 Å². The average molecular weight is 264 g/mol. The summed E-state index contributed by atoms with van der Waals surface area (Å²) in [4.78, 5) is 0.270. The van der Waals surface area contributed by atoms with Crippen LogP contribution in [0.25, 0.3) is 0 Å². The smallest absolute Gasteiger partial charge is 0.262 e. The summed E-state index contributed by atoms with van der Waals surface area (Å²) in [5, 5.41) is 9.44. The van der Waals surface area contributed by atoms with Crippen LogP contribution in [-0.2, 0) is 23.1 Å². The Morgan fingerprint density at radius 2 is 2.06 bits per heavy atom. The molecule has 0 saturated heterocycles. The van der Waals surface area contributed by atoms with E-state index in [-0.39, 0.29) is 4.90 Å². The first kappa shape index (κ1) is 11.2. The number of aromatic nitrogens is 2. The molecule has 0 bridgehead atoms. The number of hydrogen-bond acceptors (Lipinski definition) is 4. The van der Waals surface area contributed by atoms with E-state index in [1.54, 1.807) is 12.1 Å². The molecule has 0 amide bonds. The van der Waals surface area contributed by atoms with E-state index in [0.29, 0.717) is 12.2 Å². The van der Waals surface area contributed by atoms with Gasteiger partial charge in [-0.05, 0) is 23.3 Å². The first-order chi connectivity index (χ1) is 8.65. The molecule has 1 aromatic heterocycles. The summed E-state index contributed by atoms with van der Waals surface area (Å²) in [7, 11) is -3.54. The molecular weight excluding hydrogens is 252 g/mol. The molecule has 1 aliphatic heterocycles. The summed E-state index contributed by atoms with van der Waals surface area (Å²) in [6.07, 6.45) is 2.92. The van der Waals surface area contributed by atoms with Crippen molar-refractivity contribution in [2.45, 2.75) is 18.0 Å². The second-order valence-electron chi connectivity index (χ2n) is 4.13. The van der Waals surface area contributed by atoms with Gasteiger partial charge in [0.2, 0.25) is 0 Å². The summed E-state index contributed by atoms with van der Waals surface area (Å²) >= 11 is 0. The predicted molar refractivity (Wildman–Crippen MR) is 66.4 cm³/mol. The van der Waals surface area contributed by atoms with Gasteiger partial charge in [0.1, 0.15) is 0 Å². The number of sulfonamides is 1. The van der Waals surface area contributed by atoms with Crippen LogP contribution in [0.3, 0.4) is 0 Å². The van der Waals surface area contributed by atoms with E-state index in [1.807, 2.05) is 6.07 Å². The van der Waals surface area contributed by atoms with Crippen LogP contribution in [0, 0.1) is 0 Å². The molecule has 3 rings (SSSR count). The molecule has 94 valence electrons. The molecule has 1 aromatic carbocycles. The van der Waals surface area contributed by atoms with Gasteiger partial charge in [0.25, 0.3) is 10.0 Å². The number of rotatable bonds is 3. The topological polar surface area (TPSA) is 86.9 Å². The van der Waals surface area contributed by atoms with Gasteiger partial charge in [0.15, 0.2) is 0 Å². The van der Waals surface area contributed by atoms with Crippen LogP contribution in [-0.4, -0.2) is 18.6 Å².